The molecule has 3 nitrogen and oxygen atoms in total. The molecule has 0 aliphatic rings. The van der Waals surface area contributed by atoms with Crippen molar-refractivity contribution in [3.8, 4) is 0 Å². The van der Waals surface area contributed by atoms with Crippen LogP contribution in [0.3, 0.4) is 0 Å². The average molecular weight is 263 g/mol. The highest BCUT2D eigenvalue weighted by Crippen LogP contribution is 2.11. The fraction of sp³-hybridized carbons (Fsp3) is 0.562. The van der Waals surface area contributed by atoms with Crippen molar-refractivity contribution in [2.75, 3.05) is 13.1 Å². The predicted octanol–water partition coefficient (Wildman–Crippen LogP) is 3.33. The molecule has 0 unspecified atom stereocenters. The van der Waals surface area contributed by atoms with Crippen LogP contribution >= 0.6 is 0 Å². The van der Waals surface area contributed by atoms with Crippen molar-refractivity contribution in [1.82, 2.24) is 4.90 Å². The number of carbonyl (C=O) groups is 1. The van der Waals surface area contributed by atoms with E-state index in [9.17, 15) is 4.79 Å². The van der Waals surface area contributed by atoms with Crippen molar-refractivity contribution in [3.05, 3.63) is 35.4 Å². The summed E-state index contributed by atoms with van der Waals surface area (Å²) >= 11 is 0. The van der Waals surface area contributed by atoms with Crippen LogP contribution in [-0.4, -0.2) is 29.1 Å². The van der Waals surface area contributed by atoms with E-state index >= 15 is 0 Å². The van der Waals surface area contributed by atoms with Gasteiger partial charge in [0.25, 0.3) is 0 Å². The van der Waals surface area contributed by atoms with E-state index in [-0.39, 0.29) is 6.42 Å². The molecule has 1 aromatic rings. The molecule has 1 aromatic carbocycles. The number of aryl methyl sites for hydroxylation is 1. The monoisotopic (exact) mass is 263 g/mol. The van der Waals surface area contributed by atoms with Gasteiger partial charge in [0.15, 0.2) is 0 Å². The van der Waals surface area contributed by atoms with Crippen LogP contribution in [0.4, 0.5) is 0 Å². The minimum Gasteiger partial charge on any atom is -0.481 e. The van der Waals surface area contributed by atoms with Gasteiger partial charge < -0.3 is 5.11 Å². The van der Waals surface area contributed by atoms with Crippen LogP contribution < -0.4 is 0 Å². The average Bonchev–Trinajstić information content (AvgIpc) is 2.41. The Hall–Kier alpha value is -1.35. The number of benzene rings is 1. The van der Waals surface area contributed by atoms with Gasteiger partial charge in [0.1, 0.15) is 0 Å². The molecule has 106 valence electrons. The van der Waals surface area contributed by atoms with Gasteiger partial charge in [-0.2, -0.15) is 0 Å². The number of rotatable bonds is 9. The van der Waals surface area contributed by atoms with Crippen LogP contribution in [-0.2, 0) is 17.8 Å². The molecule has 0 radical (unpaired) electrons. The fourth-order valence-corrected chi connectivity index (χ4v) is 2.12. The molecule has 0 fully saturated rings. The Kier molecular flexibility index (Phi) is 7.19. The van der Waals surface area contributed by atoms with Crippen LogP contribution in [0.5, 0.6) is 0 Å². The van der Waals surface area contributed by atoms with Gasteiger partial charge in [0, 0.05) is 13.0 Å². The highest BCUT2D eigenvalue weighted by molar-refractivity contribution is 5.67. The van der Waals surface area contributed by atoms with E-state index in [4.69, 9.17) is 5.11 Å². The Morgan fingerprint density at radius 2 is 2.00 bits per heavy atom. The molecular formula is C16H25NO2. The highest BCUT2D eigenvalue weighted by atomic mass is 16.4. The van der Waals surface area contributed by atoms with Crippen LogP contribution in [0.2, 0.25) is 0 Å². The van der Waals surface area contributed by atoms with Gasteiger partial charge in [-0.05, 0) is 37.1 Å². The van der Waals surface area contributed by atoms with Crippen molar-refractivity contribution in [1.29, 1.82) is 0 Å². The molecule has 0 saturated carbocycles. The Labute approximate surface area is 116 Å². The third kappa shape index (κ3) is 6.39. The number of hydrogen-bond acceptors (Lipinski definition) is 2. The van der Waals surface area contributed by atoms with E-state index < -0.39 is 5.97 Å². The largest absolute Gasteiger partial charge is 0.481 e. The molecule has 0 atom stereocenters. The lowest BCUT2D eigenvalue weighted by molar-refractivity contribution is -0.136. The molecule has 19 heavy (non-hydrogen) atoms. The zero-order chi connectivity index (χ0) is 14.1. The molecule has 0 saturated heterocycles. The Bertz CT molecular complexity index is 390. The van der Waals surface area contributed by atoms with Crippen molar-refractivity contribution in [3.63, 3.8) is 0 Å². The van der Waals surface area contributed by atoms with Crippen LogP contribution in [0.1, 0.15) is 44.2 Å². The third-order valence-electron chi connectivity index (χ3n) is 3.30. The van der Waals surface area contributed by atoms with E-state index in [0.717, 1.165) is 25.2 Å². The maximum atomic E-state index is 10.6. The van der Waals surface area contributed by atoms with Gasteiger partial charge in [-0.15, -0.1) is 0 Å². The molecule has 0 spiro atoms. The smallest absolute Gasteiger partial charge is 0.303 e. The van der Waals surface area contributed by atoms with Crippen molar-refractivity contribution in [2.45, 2.75) is 46.1 Å². The Morgan fingerprint density at radius 1 is 1.26 bits per heavy atom. The normalized spacial score (nSPS) is 10.9. The van der Waals surface area contributed by atoms with E-state index in [0.29, 0.717) is 6.42 Å². The van der Waals surface area contributed by atoms with E-state index in [1.165, 1.54) is 18.4 Å². The molecule has 0 bridgehead atoms. The number of hydrogen-bond donors (Lipinski definition) is 1. The third-order valence-corrected chi connectivity index (χ3v) is 3.30. The summed E-state index contributed by atoms with van der Waals surface area (Å²) < 4.78 is 0. The van der Waals surface area contributed by atoms with Crippen LogP contribution in [0.15, 0.2) is 24.3 Å². The fourth-order valence-electron chi connectivity index (χ4n) is 2.12. The molecule has 0 aliphatic heterocycles. The van der Waals surface area contributed by atoms with Crippen molar-refractivity contribution in [2.24, 2.45) is 0 Å². The number of carboxylic acid groups (broad SMARTS) is 1. The predicted molar refractivity (Wildman–Crippen MR) is 78.3 cm³/mol. The molecule has 0 heterocycles. The summed E-state index contributed by atoms with van der Waals surface area (Å²) in [6.07, 6.45) is 3.27. The molecular weight excluding hydrogens is 238 g/mol. The lowest BCUT2D eigenvalue weighted by Gasteiger charge is -2.20. The van der Waals surface area contributed by atoms with Crippen molar-refractivity contribution >= 4 is 5.97 Å². The quantitative estimate of drug-likeness (QED) is 0.743. The maximum Gasteiger partial charge on any atom is 0.303 e. The van der Waals surface area contributed by atoms with E-state index in [1.54, 1.807) is 0 Å². The second-order valence-electron chi connectivity index (χ2n) is 4.94. The van der Waals surface area contributed by atoms with Crippen molar-refractivity contribution < 1.29 is 9.90 Å². The standard InChI is InChI=1S/C16H25NO2/c1-3-5-11-17(4-2)13-15-8-6-7-14(12-15)9-10-16(18)19/h6-8,12H,3-5,9-11,13H2,1-2H3,(H,18,19). The molecule has 3 heteroatoms. The molecule has 0 aliphatic carbocycles. The molecule has 1 rings (SSSR count). The summed E-state index contributed by atoms with van der Waals surface area (Å²) in [7, 11) is 0. The van der Waals surface area contributed by atoms with Gasteiger partial charge in [0.2, 0.25) is 0 Å². The summed E-state index contributed by atoms with van der Waals surface area (Å²) in [5.41, 5.74) is 2.40. The Morgan fingerprint density at radius 3 is 2.63 bits per heavy atom. The minimum absolute atomic E-state index is 0.205. The number of unbranched alkanes of at least 4 members (excludes halogenated alkanes) is 1. The zero-order valence-electron chi connectivity index (χ0n) is 12.1. The number of carboxylic acids is 1. The minimum atomic E-state index is -0.733. The summed E-state index contributed by atoms with van der Waals surface area (Å²) in [5, 5.41) is 8.72. The zero-order valence-corrected chi connectivity index (χ0v) is 12.1. The topological polar surface area (TPSA) is 40.5 Å². The van der Waals surface area contributed by atoms with Gasteiger partial charge >= 0.3 is 5.97 Å². The van der Waals surface area contributed by atoms with Crippen LogP contribution in [0.25, 0.3) is 0 Å². The summed E-state index contributed by atoms with van der Waals surface area (Å²) in [6, 6.07) is 8.30. The second kappa shape index (κ2) is 8.70. The van der Waals surface area contributed by atoms with Gasteiger partial charge in [-0.3, -0.25) is 9.69 Å². The lowest BCUT2D eigenvalue weighted by Crippen LogP contribution is -2.23. The summed E-state index contributed by atoms with van der Waals surface area (Å²) in [4.78, 5) is 13.0. The first-order valence-corrected chi connectivity index (χ1v) is 7.17. The Balaban J connectivity index is 2.57. The first kappa shape index (κ1) is 15.7. The number of nitrogens with zero attached hydrogens (tertiary/aromatic N) is 1. The lowest BCUT2D eigenvalue weighted by atomic mass is 10.1. The number of aliphatic carboxylic acids is 1. The SMILES string of the molecule is CCCCN(CC)Cc1cccc(CCC(=O)O)c1. The van der Waals surface area contributed by atoms with Gasteiger partial charge in [-0.1, -0.05) is 44.5 Å². The first-order valence-electron chi connectivity index (χ1n) is 7.17. The molecule has 0 aromatic heterocycles. The van der Waals surface area contributed by atoms with Crippen LogP contribution in [0, 0.1) is 0 Å². The van der Waals surface area contributed by atoms with E-state index in [2.05, 4.69) is 30.9 Å². The summed E-state index contributed by atoms with van der Waals surface area (Å²) in [6.45, 7) is 7.54. The van der Waals surface area contributed by atoms with Gasteiger partial charge in [0.05, 0.1) is 0 Å². The second-order valence-corrected chi connectivity index (χ2v) is 4.94. The van der Waals surface area contributed by atoms with Gasteiger partial charge in [-0.25, -0.2) is 0 Å². The summed E-state index contributed by atoms with van der Waals surface area (Å²) in [5.74, 6) is -0.733. The molecule has 0 amide bonds. The maximum absolute atomic E-state index is 10.6. The molecule has 1 N–H and O–H groups in total. The first-order chi connectivity index (χ1) is 9.15. The van der Waals surface area contributed by atoms with E-state index in [1.807, 2.05) is 12.1 Å². The highest BCUT2D eigenvalue weighted by Gasteiger charge is 2.05.